The number of aromatic nitrogens is 2. The fourth-order valence-corrected chi connectivity index (χ4v) is 3.95. The van der Waals surface area contributed by atoms with Gasteiger partial charge in [-0.25, -0.2) is 19.6 Å². The van der Waals surface area contributed by atoms with Gasteiger partial charge in [0, 0.05) is 12.8 Å². The predicted octanol–water partition coefficient (Wildman–Crippen LogP) is 5.60. The van der Waals surface area contributed by atoms with Crippen LogP contribution in [-0.4, -0.2) is 9.97 Å². The molecule has 0 saturated heterocycles. The van der Waals surface area contributed by atoms with Crippen LogP contribution in [0.1, 0.15) is 63.1 Å². The van der Waals surface area contributed by atoms with Gasteiger partial charge in [-0.2, -0.15) is 0 Å². The molecule has 0 unspecified atom stereocenters. The van der Waals surface area contributed by atoms with E-state index >= 15 is 0 Å². The molecule has 0 spiro atoms. The van der Waals surface area contributed by atoms with Crippen LogP contribution in [0, 0.1) is 0 Å². The van der Waals surface area contributed by atoms with Crippen molar-refractivity contribution < 1.29 is 8.83 Å². The number of aryl methyl sites for hydroxylation is 2. The second kappa shape index (κ2) is 10.8. The molecule has 0 atom stereocenters. The van der Waals surface area contributed by atoms with Gasteiger partial charge in [-0.3, -0.25) is 0 Å². The van der Waals surface area contributed by atoms with Crippen molar-refractivity contribution in [1.82, 2.24) is 9.97 Å². The number of benzene rings is 2. The fraction of sp³-hybridized carbons (Fsp3) is 0.385. The molecule has 0 radical (unpaired) electrons. The second-order valence-electron chi connectivity index (χ2n) is 8.15. The van der Waals surface area contributed by atoms with Crippen LogP contribution in [0.4, 0.5) is 0 Å². The molecule has 166 valence electrons. The summed E-state index contributed by atoms with van der Waals surface area (Å²) in [5.74, 6) is 1.06. The Kier molecular flexibility index (Phi) is 7.43. The summed E-state index contributed by atoms with van der Waals surface area (Å²) in [6.45, 7) is 0. The van der Waals surface area contributed by atoms with E-state index in [0.29, 0.717) is 46.4 Å². The number of hydrogen-bond acceptors (Lipinski definition) is 6. The Labute approximate surface area is 186 Å². The number of para-hydroxylation sites is 2. The smallest absolute Gasteiger partial charge is 0.346 e. The molecule has 0 saturated carbocycles. The Morgan fingerprint density at radius 2 is 0.906 bits per heavy atom. The van der Waals surface area contributed by atoms with Crippen LogP contribution in [0.25, 0.3) is 21.8 Å². The van der Waals surface area contributed by atoms with Gasteiger partial charge < -0.3 is 8.83 Å². The third kappa shape index (κ3) is 5.69. The molecule has 0 aliphatic heterocycles. The van der Waals surface area contributed by atoms with Gasteiger partial charge in [0.25, 0.3) is 0 Å². The Hall–Kier alpha value is -3.28. The predicted molar refractivity (Wildman–Crippen MR) is 125 cm³/mol. The molecule has 2 aromatic carbocycles. The summed E-state index contributed by atoms with van der Waals surface area (Å²) < 4.78 is 10.7. The minimum Gasteiger partial charge on any atom is -0.408 e. The standard InChI is InChI=1S/C26H28N2O4/c29-25-19-13-9-11-15-21(19)27-23(31-25)17-7-5-3-1-2-4-6-8-18-24-28-22-16-12-10-14-20(22)26(30)32-24/h9-16H,1-8,17-18H2. The van der Waals surface area contributed by atoms with Crippen LogP contribution in [0.5, 0.6) is 0 Å². The summed E-state index contributed by atoms with van der Waals surface area (Å²) in [4.78, 5) is 32.9. The number of fused-ring (bicyclic) bond motifs is 2. The quantitative estimate of drug-likeness (QED) is 0.287. The molecular formula is C26H28N2O4. The van der Waals surface area contributed by atoms with Crippen molar-refractivity contribution in [3.63, 3.8) is 0 Å². The summed E-state index contributed by atoms with van der Waals surface area (Å²) >= 11 is 0. The van der Waals surface area contributed by atoms with E-state index in [1.54, 1.807) is 12.1 Å². The Bertz CT molecular complexity index is 1190. The van der Waals surface area contributed by atoms with Gasteiger partial charge in [-0.15, -0.1) is 0 Å². The summed E-state index contributed by atoms with van der Waals surface area (Å²) in [5, 5.41) is 1.07. The van der Waals surface area contributed by atoms with E-state index in [4.69, 9.17) is 8.83 Å². The molecule has 0 fully saturated rings. The third-order valence-electron chi connectivity index (χ3n) is 5.69. The van der Waals surface area contributed by atoms with E-state index in [2.05, 4.69) is 9.97 Å². The number of nitrogens with zero attached hydrogens (tertiary/aromatic N) is 2. The average Bonchev–Trinajstić information content (AvgIpc) is 2.80. The van der Waals surface area contributed by atoms with E-state index < -0.39 is 0 Å². The van der Waals surface area contributed by atoms with Crippen molar-refractivity contribution in [1.29, 1.82) is 0 Å². The van der Waals surface area contributed by atoms with Crippen LogP contribution in [-0.2, 0) is 12.8 Å². The topological polar surface area (TPSA) is 86.2 Å². The van der Waals surface area contributed by atoms with Crippen LogP contribution < -0.4 is 11.3 Å². The van der Waals surface area contributed by atoms with Crippen LogP contribution in [0.15, 0.2) is 67.0 Å². The maximum Gasteiger partial charge on any atom is 0.346 e. The van der Waals surface area contributed by atoms with E-state index in [1.807, 2.05) is 36.4 Å². The lowest BCUT2D eigenvalue weighted by atomic mass is 10.1. The monoisotopic (exact) mass is 432 g/mol. The van der Waals surface area contributed by atoms with Gasteiger partial charge in [0.15, 0.2) is 11.8 Å². The Morgan fingerprint density at radius 1 is 0.531 bits per heavy atom. The normalized spacial score (nSPS) is 11.4. The lowest BCUT2D eigenvalue weighted by molar-refractivity contribution is 0.429. The summed E-state index contributed by atoms with van der Waals surface area (Å²) in [6, 6.07) is 14.6. The molecule has 2 aromatic heterocycles. The van der Waals surface area contributed by atoms with Crippen molar-refractivity contribution >= 4 is 21.8 Å². The van der Waals surface area contributed by atoms with Gasteiger partial charge in [0.05, 0.1) is 21.8 Å². The maximum absolute atomic E-state index is 12.0. The lowest BCUT2D eigenvalue weighted by Crippen LogP contribution is -2.05. The first kappa shape index (κ1) is 21.9. The zero-order valence-corrected chi connectivity index (χ0v) is 18.2. The summed E-state index contributed by atoms with van der Waals surface area (Å²) in [7, 11) is 0. The SMILES string of the molecule is O=c1oc(CCCCCCCCCCc2nc3ccccc3c(=O)o2)nc2ccccc12. The van der Waals surface area contributed by atoms with Crippen molar-refractivity contribution in [2.24, 2.45) is 0 Å². The van der Waals surface area contributed by atoms with Crippen molar-refractivity contribution in [3.05, 3.63) is 81.2 Å². The van der Waals surface area contributed by atoms with Gasteiger partial charge in [0.2, 0.25) is 0 Å². The highest BCUT2D eigenvalue weighted by Crippen LogP contribution is 2.14. The van der Waals surface area contributed by atoms with E-state index in [9.17, 15) is 9.59 Å². The highest BCUT2D eigenvalue weighted by molar-refractivity contribution is 5.77. The van der Waals surface area contributed by atoms with E-state index in [1.165, 1.54) is 25.7 Å². The first-order valence-corrected chi connectivity index (χ1v) is 11.5. The van der Waals surface area contributed by atoms with Gasteiger partial charge in [0.1, 0.15) is 0 Å². The van der Waals surface area contributed by atoms with Crippen molar-refractivity contribution in [2.75, 3.05) is 0 Å². The average molecular weight is 433 g/mol. The molecule has 0 N–H and O–H groups in total. The molecule has 6 heteroatoms. The van der Waals surface area contributed by atoms with Gasteiger partial charge in [-0.05, 0) is 37.1 Å². The Morgan fingerprint density at radius 3 is 1.34 bits per heavy atom. The van der Waals surface area contributed by atoms with Gasteiger partial charge >= 0.3 is 11.3 Å². The highest BCUT2D eigenvalue weighted by atomic mass is 16.4. The van der Waals surface area contributed by atoms with Crippen LogP contribution in [0.3, 0.4) is 0 Å². The van der Waals surface area contributed by atoms with Crippen LogP contribution in [0.2, 0.25) is 0 Å². The second-order valence-corrected chi connectivity index (χ2v) is 8.15. The molecule has 4 rings (SSSR count). The molecule has 4 aromatic rings. The molecule has 2 heterocycles. The molecular weight excluding hydrogens is 404 g/mol. The lowest BCUT2D eigenvalue weighted by Gasteiger charge is -2.04. The molecule has 32 heavy (non-hydrogen) atoms. The molecule has 0 amide bonds. The first-order valence-electron chi connectivity index (χ1n) is 11.5. The first-order chi connectivity index (χ1) is 15.7. The zero-order chi connectivity index (χ0) is 22.2. The summed E-state index contributed by atoms with van der Waals surface area (Å²) in [6.07, 6.45) is 10.3. The largest absolute Gasteiger partial charge is 0.408 e. The molecule has 6 nitrogen and oxygen atoms in total. The Balaban J connectivity index is 1.09. The minimum absolute atomic E-state index is 0.302. The van der Waals surface area contributed by atoms with Crippen LogP contribution >= 0.6 is 0 Å². The number of hydrogen-bond donors (Lipinski definition) is 0. The third-order valence-corrected chi connectivity index (χ3v) is 5.69. The fourth-order valence-electron chi connectivity index (χ4n) is 3.95. The minimum atomic E-state index is -0.302. The summed E-state index contributed by atoms with van der Waals surface area (Å²) in [5.41, 5.74) is 0.807. The van der Waals surface area contributed by atoms with Crippen molar-refractivity contribution in [3.8, 4) is 0 Å². The number of rotatable bonds is 11. The molecule has 0 aliphatic carbocycles. The number of unbranched alkanes of at least 4 members (excludes halogenated alkanes) is 7. The van der Waals surface area contributed by atoms with E-state index in [-0.39, 0.29) is 11.3 Å². The molecule has 0 bridgehead atoms. The zero-order valence-electron chi connectivity index (χ0n) is 18.2. The molecule has 0 aliphatic rings. The van der Waals surface area contributed by atoms with Crippen molar-refractivity contribution in [2.45, 2.75) is 64.2 Å². The van der Waals surface area contributed by atoms with E-state index in [0.717, 1.165) is 25.7 Å². The highest BCUT2D eigenvalue weighted by Gasteiger charge is 2.06. The maximum atomic E-state index is 12.0. The van der Waals surface area contributed by atoms with Gasteiger partial charge in [-0.1, -0.05) is 62.8 Å².